The van der Waals surface area contributed by atoms with E-state index < -0.39 is 0 Å². The number of hydrogen-bond donors (Lipinski definition) is 1. The summed E-state index contributed by atoms with van der Waals surface area (Å²) >= 11 is 0. The number of likely N-dealkylation sites (N-methyl/N-ethyl adjacent to an activating group) is 1. The van der Waals surface area contributed by atoms with E-state index in [1.807, 2.05) is 0 Å². The third-order valence-electron chi connectivity index (χ3n) is 3.65. The standard InChI is InChI=1S/C17H30N2/c1-14(2)13-17(16-9-7-6-8-10-16)18-11-12-19(5)15(3)4/h6-10,14-15,17-18H,11-13H2,1-5H3. The van der Waals surface area contributed by atoms with E-state index in [9.17, 15) is 0 Å². The highest BCUT2D eigenvalue weighted by Gasteiger charge is 2.12. The molecule has 0 radical (unpaired) electrons. The quantitative estimate of drug-likeness (QED) is 0.768. The Labute approximate surface area is 119 Å². The van der Waals surface area contributed by atoms with Gasteiger partial charge in [0.15, 0.2) is 0 Å². The van der Waals surface area contributed by atoms with Crippen LogP contribution in [0.4, 0.5) is 0 Å². The fourth-order valence-electron chi connectivity index (χ4n) is 2.17. The molecule has 108 valence electrons. The zero-order chi connectivity index (χ0) is 14.3. The van der Waals surface area contributed by atoms with Crippen LogP contribution in [0, 0.1) is 5.92 Å². The second-order valence-electron chi connectivity index (χ2n) is 6.12. The van der Waals surface area contributed by atoms with Crippen molar-refractivity contribution in [2.24, 2.45) is 5.92 Å². The molecule has 2 nitrogen and oxygen atoms in total. The molecule has 1 aromatic carbocycles. The highest BCUT2D eigenvalue weighted by atomic mass is 15.1. The van der Waals surface area contributed by atoms with Crippen LogP contribution in [-0.2, 0) is 0 Å². The number of rotatable bonds is 8. The van der Waals surface area contributed by atoms with Crippen LogP contribution in [0.25, 0.3) is 0 Å². The van der Waals surface area contributed by atoms with Crippen molar-refractivity contribution in [1.29, 1.82) is 0 Å². The van der Waals surface area contributed by atoms with Crippen molar-refractivity contribution in [2.75, 3.05) is 20.1 Å². The first-order chi connectivity index (χ1) is 9.00. The minimum Gasteiger partial charge on any atom is -0.309 e. The van der Waals surface area contributed by atoms with Crippen molar-refractivity contribution >= 4 is 0 Å². The average molecular weight is 262 g/mol. The van der Waals surface area contributed by atoms with E-state index in [-0.39, 0.29) is 0 Å². The van der Waals surface area contributed by atoms with Gasteiger partial charge in [0.25, 0.3) is 0 Å². The Hall–Kier alpha value is -0.860. The molecule has 1 atom stereocenters. The molecule has 0 aromatic heterocycles. The molecule has 0 saturated carbocycles. The maximum atomic E-state index is 3.71. The van der Waals surface area contributed by atoms with Gasteiger partial charge in [-0.05, 0) is 38.8 Å². The van der Waals surface area contributed by atoms with Gasteiger partial charge in [-0.3, -0.25) is 0 Å². The maximum Gasteiger partial charge on any atom is 0.0323 e. The lowest BCUT2D eigenvalue weighted by Crippen LogP contribution is -2.35. The first-order valence-corrected chi connectivity index (χ1v) is 7.49. The van der Waals surface area contributed by atoms with E-state index in [2.05, 4.69) is 75.3 Å². The zero-order valence-corrected chi connectivity index (χ0v) is 13.2. The Balaban J connectivity index is 2.52. The molecule has 1 rings (SSSR count). The van der Waals surface area contributed by atoms with Crippen LogP contribution in [0.15, 0.2) is 30.3 Å². The van der Waals surface area contributed by atoms with Crippen molar-refractivity contribution in [2.45, 2.75) is 46.2 Å². The second-order valence-corrected chi connectivity index (χ2v) is 6.12. The Bertz CT molecular complexity index is 332. The summed E-state index contributed by atoms with van der Waals surface area (Å²) in [7, 11) is 2.19. The van der Waals surface area contributed by atoms with Crippen LogP contribution in [-0.4, -0.2) is 31.1 Å². The van der Waals surface area contributed by atoms with E-state index in [0.717, 1.165) is 13.1 Å². The number of hydrogen-bond acceptors (Lipinski definition) is 2. The Kier molecular flexibility index (Phi) is 7.11. The van der Waals surface area contributed by atoms with Gasteiger partial charge < -0.3 is 10.2 Å². The summed E-state index contributed by atoms with van der Waals surface area (Å²) < 4.78 is 0. The summed E-state index contributed by atoms with van der Waals surface area (Å²) in [5.41, 5.74) is 1.41. The molecule has 0 fully saturated rings. The van der Waals surface area contributed by atoms with Crippen LogP contribution in [0.5, 0.6) is 0 Å². The molecule has 0 saturated heterocycles. The first kappa shape index (κ1) is 16.2. The summed E-state index contributed by atoms with van der Waals surface area (Å²) in [6.45, 7) is 11.2. The van der Waals surface area contributed by atoms with Crippen molar-refractivity contribution in [3.05, 3.63) is 35.9 Å². The number of nitrogens with one attached hydrogen (secondary N) is 1. The zero-order valence-electron chi connectivity index (χ0n) is 13.2. The minimum absolute atomic E-state index is 0.474. The molecule has 1 unspecified atom stereocenters. The SMILES string of the molecule is CC(C)CC(NCCN(C)C(C)C)c1ccccc1. The monoisotopic (exact) mass is 262 g/mol. The molecule has 0 aliphatic rings. The van der Waals surface area contributed by atoms with Crippen molar-refractivity contribution in [3.63, 3.8) is 0 Å². The summed E-state index contributed by atoms with van der Waals surface area (Å²) in [5.74, 6) is 0.709. The van der Waals surface area contributed by atoms with Gasteiger partial charge in [-0.1, -0.05) is 44.2 Å². The summed E-state index contributed by atoms with van der Waals surface area (Å²) in [6.07, 6.45) is 1.19. The van der Waals surface area contributed by atoms with E-state index in [1.165, 1.54) is 12.0 Å². The molecule has 0 aliphatic carbocycles. The van der Waals surface area contributed by atoms with Gasteiger partial charge in [0, 0.05) is 25.2 Å². The lowest BCUT2D eigenvalue weighted by molar-refractivity contribution is 0.266. The van der Waals surface area contributed by atoms with Gasteiger partial charge >= 0.3 is 0 Å². The van der Waals surface area contributed by atoms with Gasteiger partial charge in [0.2, 0.25) is 0 Å². The summed E-state index contributed by atoms with van der Waals surface area (Å²) in [4.78, 5) is 2.38. The first-order valence-electron chi connectivity index (χ1n) is 7.49. The topological polar surface area (TPSA) is 15.3 Å². The predicted molar refractivity (Wildman–Crippen MR) is 84.4 cm³/mol. The third kappa shape index (κ3) is 6.22. The molecule has 0 bridgehead atoms. The molecule has 1 N–H and O–H groups in total. The molecule has 19 heavy (non-hydrogen) atoms. The van der Waals surface area contributed by atoms with Crippen LogP contribution in [0.2, 0.25) is 0 Å². The normalized spacial score (nSPS) is 13.5. The molecule has 0 aliphatic heterocycles. The molecular weight excluding hydrogens is 232 g/mol. The lowest BCUT2D eigenvalue weighted by atomic mass is 9.97. The van der Waals surface area contributed by atoms with E-state index >= 15 is 0 Å². The van der Waals surface area contributed by atoms with Gasteiger partial charge in [-0.25, -0.2) is 0 Å². The fraction of sp³-hybridized carbons (Fsp3) is 0.647. The van der Waals surface area contributed by atoms with Crippen LogP contribution in [0.3, 0.4) is 0 Å². The van der Waals surface area contributed by atoms with Gasteiger partial charge in [0.05, 0.1) is 0 Å². The van der Waals surface area contributed by atoms with Crippen molar-refractivity contribution in [3.8, 4) is 0 Å². The summed E-state index contributed by atoms with van der Waals surface area (Å²) in [5, 5.41) is 3.71. The number of nitrogens with zero attached hydrogens (tertiary/aromatic N) is 1. The van der Waals surface area contributed by atoms with Crippen LogP contribution < -0.4 is 5.32 Å². The van der Waals surface area contributed by atoms with Gasteiger partial charge in [-0.15, -0.1) is 0 Å². The highest BCUT2D eigenvalue weighted by molar-refractivity contribution is 5.18. The Morgan fingerprint density at radius 1 is 1.05 bits per heavy atom. The van der Waals surface area contributed by atoms with Gasteiger partial charge in [0.1, 0.15) is 0 Å². The van der Waals surface area contributed by atoms with Crippen LogP contribution in [0.1, 0.15) is 45.7 Å². The van der Waals surface area contributed by atoms with E-state index in [1.54, 1.807) is 0 Å². The number of benzene rings is 1. The predicted octanol–water partition coefficient (Wildman–Crippen LogP) is 3.70. The molecule has 0 heterocycles. The Morgan fingerprint density at radius 2 is 1.68 bits per heavy atom. The molecular formula is C17H30N2. The van der Waals surface area contributed by atoms with E-state index in [4.69, 9.17) is 0 Å². The Morgan fingerprint density at radius 3 is 2.21 bits per heavy atom. The van der Waals surface area contributed by atoms with Crippen molar-refractivity contribution < 1.29 is 0 Å². The molecule has 0 amide bonds. The lowest BCUT2D eigenvalue weighted by Gasteiger charge is -2.25. The van der Waals surface area contributed by atoms with E-state index in [0.29, 0.717) is 18.0 Å². The molecule has 1 aromatic rings. The maximum absolute atomic E-state index is 3.71. The van der Waals surface area contributed by atoms with Crippen molar-refractivity contribution in [1.82, 2.24) is 10.2 Å². The third-order valence-corrected chi connectivity index (χ3v) is 3.65. The smallest absolute Gasteiger partial charge is 0.0323 e. The minimum atomic E-state index is 0.474. The second kappa shape index (κ2) is 8.34. The molecule has 0 spiro atoms. The largest absolute Gasteiger partial charge is 0.309 e. The molecule has 2 heteroatoms. The summed E-state index contributed by atoms with van der Waals surface area (Å²) in [6, 6.07) is 11.9. The van der Waals surface area contributed by atoms with Gasteiger partial charge in [-0.2, -0.15) is 0 Å². The fourth-order valence-corrected chi connectivity index (χ4v) is 2.17. The average Bonchev–Trinajstić information content (AvgIpc) is 2.37. The van der Waals surface area contributed by atoms with Crippen LogP contribution >= 0.6 is 0 Å². The highest BCUT2D eigenvalue weighted by Crippen LogP contribution is 2.20.